The van der Waals surface area contributed by atoms with Gasteiger partial charge >= 0.3 is 0 Å². The minimum atomic E-state index is -3.92. The zero-order valence-corrected chi connectivity index (χ0v) is 18.6. The Kier molecular flexibility index (Phi) is 7.68. The van der Waals surface area contributed by atoms with E-state index in [4.69, 9.17) is 27.9 Å². The van der Waals surface area contributed by atoms with Gasteiger partial charge < -0.3 is 10.1 Å². The van der Waals surface area contributed by atoms with Gasteiger partial charge in [0.15, 0.2) is 0 Å². The first-order valence-corrected chi connectivity index (χ1v) is 11.8. The Morgan fingerprint density at radius 3 is 2.43 bits per heavy atom. The molecule has 0 aliphatic heterocycles. The molecule has 2 N–H and O–H groups in total. The van der Waals surface area contributed by atoms with Crippen molar-refractivity contribution in [2.24, 2.45) is 0 Å². The van der Waals surface area contributed by atoms with Crippen LogP contribution in [0, 0.1) is 0 Å². The number of aromatic nitrogens is 1. The van der Waals surface area contributed by atoms with Crippen LogP contribution in [0.3, 0.4) is 0 Å². The van der Waals surface area contributed by atoms with E-state index in [1.54, 1.807) is 24.4 Å². The second kappa shape index (κ2) is 10.2. The summed E-state index contributed by atoms with van der Waals surface area (Å²) in [5.74, 6) is 0.346. The Labute approximate surface area is 188 Å². The molecule has 0 radical (unpaired) electrons. The second-order valence-corrected chi connectivity index (χ2v) is 9.39. The number of sulfonamides is 1. The van der Waals surface area contributed by atoms with E-state index in [0.29, 0.717) is 17.5 Å². The zero-order chi connectivity index (χ0) is 21.6. The van der Waals surface area contributed by atoms with Crippen molar-refractivity contribution in [3.8, 4) is 10.9 Å². The fourth-order valence-electron chi connectivity index (χ4n) is 2.44. The maximum absolute atomic E-state index is 12.4. The first kappa shape index (κ1) is 22.5. The Bertz CT molecular complexity index is 1090. The molecule has 0 bridgehead atoms. The lowest BCUT2D eigenvalue weighted by Gasteiger charge is -2.10. The predicted octanol–water partition coefficient (Wildman–Crippen LogP) is 4.23. The number of hydrogen-bond acceptors (Lipinski definition) is 6. The van der Waals surface area contributed by atoms with Crippen LogP contribution < -0.4 is 14.8 Å². The van der Waals surface area contributed by atoms with Crippen molar-refractivity contribution in [3.05, 3.63) is 69.7 Å². The van der Waals surface area contributed by atoms with Crippen LogP contribution in [0.15, 0.2) is 58.9 Å². The van der Waals surface area contributed by atoms with Crippen molar-refractivity contribution < 1.29 is 17.9 Å². The van der Waals surface area contributed by atoms with Crippen LogP contribution in [-0.2, 0) is 21.4 Å². The topological polar surface area (TPSA) is 97.4 Å². The normalized spacial score (nSPS) is 11.3. The van der Waals surface area contributed by atoms with Crippen LogP contribution in [0.4, 0.5) is 0 Å². The summed E-state index contributed by atoms with van der Waals surface area (Å²) in [6, 6.07) is 11.6. The fraction of sp³-hybridized carbons (Fsp3) is 0.158. The SMILES string of the molecule is O=C(CCNS(=O)(=O)c1c(Cl)cccc1Cl)NCc1ccc(Oc2nccs2)cc1. The number of thiazole rings is 1. The molecule has 158 valence electrons. The lowest BCUT2D eigenvalue weighted by atomic mass is 10.2. The molecule has 1 heterocycles. The predicted molar refractivity (Wildman–Crippen MR) is 117 cm³/mol. The van der Waals surface area contributed by atoms with Crippen molar-refractivity contribution in [2.75, 3.05) is 6.54 Å². The van der Waals surface area contributed by atoms with Crippen LogP contribution in [-0.4, -0.2) is 25.9 Å². The molecule has 7 nitrogen and oxygen atoms in total. The summed E-state index contributed by atoms with van der Waals surface area (Å²) >= 11 is 13.2. The summed E-state index contributed by atoms with van der Waals surface area (Å²) in [6.07, 6.45) is 1.62. The number of benzene rings is 2. The van der Waals surface area contributed by atoms with Gasteiger partial charge in [0.2, 0.25) is 15.9 Å². The molecule has 0 atom stereocenters. The maximum atomic E-state index is 12.4. The van der Waals surface area contributed by atoms with E-state index in [0.717, 1.165) is 5.56 Å². The van der Waals surface area contributed by atoms with Gasteiger partial charge in [0.05, 0.1) is 10.0 Å². The van der Waals surface area contributed by atoms with Gasteiger partial charge in [0.25, 0.3) is 5.19 Å². The Hall–Kier alpha value is -2.17. The Balaban J connectivity index is 1.45. The number of nitrogens with zero attached hydrogens (tertiary/aromatic N) is 1. The molecule has 0 aliphatic rings. The van der Waals surface area contributed by atoms with E-state index in [9.17, 15) is 13.2 Å². The van der Waals surface area contributed by atoms with Crippen LogP contribution in [0.2, 0.25) is 10.0 Å². The molecular weight excluding hydrogens is 469 g/mol. The highest BCUT2D eigenvalue weighted by Gasteiger charge is 2.21. The van der Waals surface area contributed by atoms with Gasteiger partial charge in [-0.05, 0) is 29.8 Å². The lowest BCUT2D eigenvalue weighted by Crippen LogP contribution is -2.30. The largest absolute Gasteiger partial charge is 0.431 e. The van der Waals surface area contributed by atoms with E-state index in [-0.39, 0.29) is 33.8 Å². The van der Waals surface area contributed by atoms with Crippen molar-refractivity contribution >= 4 is 50.5 Å². The molecule has 0 unspecified atom stereocenters. The number of rotatable bonds is 9. The third-order valence-electron chi connectivity index (χ3n) is 3.86. The number of hydrogen-bond donors (Lipinski definition) is 2. The van der Waals surface area contributed by atoms with E-state index in [1.807, 2.05) is 17.5 Å². The highest BCUT2D eigenvalue weighted by molar-refractivity contribution is 7.89. The molecule has 2 aromatic carbocycles. The summed E-state index contributed by atoms with van der Waals surface area (Å²) in [7, 11) is -3.92. The van der Waals surface area contributed by atoms with Crippen LogP contribution in [0.5, 0.6) is 10.9 Å². The second-order valence-electron chi connectivity index (χ2n) is 6.02. The van der Waals surface area contributed by atoms with Crippen LogP contribution >= 0.6 is 34.5 Å². The molecule has 3 aromatic rings. The third-order valence-corrected chi connectivity index (χ3v) is 6.92. The first-order chi connectivity index (χ1) is 14.3. The fourth-order valence-corrected chi connectivity index (χ4v) is 5.11. The van der Waals surface area contributed by atoms with Crippen molar-refractivity contribution in [1.29, 1.82) is 0 Å². The number of amides is 1. The molecular formula is C19H17Cl2N3O4S2. The number of ether oxygens (including phenoxy) is 1. The third kappa shape index (κ3) is 6.16. The molecule has 0 fully saturated rings. The van der Waals surface area contributed by atoms with Crippen molar-refractivity contribution in [1.82, 2.24) is 15.0 Å². The van der Waals surface area contributed by atoms with Gasteiger partial charge in [-0.3, -0.25) is 4.79 Å². The average Bonchev–Trinajstić information content (AvgIpc) is 3.20. The molecule has 0 aliphatic carbocycles. The van der Waals surface area contributed by atoms with E-state index < -0.39 is 10.0 Å². The number of carbonyl (C=O) groups excluding carboxylic acids is 1. The zero-order valence-electron chi connectivity index (χ0n) is 15.5. The number of carbonyl (C=O) groups is 1. The number of halogens is 2. The highest BCUT2D eigenvalue weighted by atomic mass is 35.5. The summed E-state index contributed by atoms with van der Waals surface area (Å²) in [5.41, 5.74) is 0.873. The quantitative estimate of drug-likeness (QED) is 0.472. The number of nitrogens with one attached hydrogen (secondary N) is 2. The first-order valence-electron chi connectivity index (χ1n) is 8.72. The molecule has 0 spiro atoms. The van der Waals surface area contributed by atoms with Gasteiger partial charge in [-0.2, -0.15) is 0 Å². The Morgan fingerprint density at radius 2 is 1.80 bits per heavy atom. The maximum Gasteiger partial charge on any atom is 0.278 e. The van der Waals surface area contributed by atoms with Crippen molar-refractivity contribution in [3.63, 3.8) is 0 Å². The van der Waals surface area contributed by atoms with Crippen LogP contribution in [0.1, 0.15) is 12.0 Å². The minimum absolute atomic E-state index is 0.0155. The Morgan fingerprint density at radius 1 is 1.10 bits per heavy atom. The molecule has 0 saturated heterocycles. The van der Waals surface area contributed by atoms with Gasteiger partial charge in [0, 0.05) is 31.1 Å². The summed E-state index contributed by atoms with van der Waals surface area (Å²) < 4.78 is 32.6. The molecule has 1 aromatic heterocycles. The van der Waals surface area contributed by atoms with Crippen LogP contribution in [0.25, 0.3) is 0 Å². The molecule has 0 saturated carbocycles. The minimum Gasteiger partial charge on any atom is -0.431 e. The van der Waals surface area contributed by atoms with Gasteiger partial charge in [0.1, 0.15) is 10.6 Å². The highest BCUT2D eigenvalue weighted by Crippen LogP contribution is 2.28. The monoisotopic (exact) mass is 485 g/mol. The molecule has 11 heteroatoms. The molecule has 1 amide bonds. The average molecular weight is 486 g/mol. The summed E-state index contributed by atoms with van der Waals surface area (Å²) in [6.45, 7) is 0.218. The molecule has 3 rings (SSSR count). The summed E-state index contributed by atoms with van der Waals surface area (Å²) in [5, 5.41) is 5.14. The summed E-state index contributed by atoms with van der Waals surface area (Å²) in [4.78, 5) is 15.9. The van der Waals surface area contributed by atoms with Gasteiger partial charge in [-0.1, -0.05) is 52.7 Å². The standard InChI is InChI=1S/C19H17Cl2N3O4S2/c20-15-2-1-3-16(21)18(15)30(26,27)24-9-8-17(25)23-12-13-4-6-14(7-5-13)28-19-22-10-11-29-19/h1-7,10-11,24H,8-9,12H2,(H,23,25). The van der Waals surface area contributed by atoms with Gasteiger partial charge in [-0.25, -0.2) is 18.1 Å². The van der Waals surface area contributed by atoms with E-state index in [2.05, 4.69) is 15.0 Å². The van der Waals surface area contributed by atoms with Crippen molar-refractivity contribution in [2.45, 2.75) is 17.9 Å². The lowest BCUT2D eigenvalue weighted by molar-refractivity contribution is -0.121. The smallest absolute Gasteiger partial charge is 0.278 e. The molecule has 30 heavy (non-hydrogen) atoms. The van der Waals surface area contributed by atoms with E-state index >= 15 is 0 Å². The van der Waals surface area contributed by atoms with Gasteiger partial charge in [-0.15, -0.1) is 0 Å². The van der Waals surface area contributed by atoms with E-state index in [1.165, 1.54) is 23.5 Å².